The largest absolute Gasteiger partial charge is 0.392 e. The maximum Gasteiger partial charge on any atom is 0.277 e. The van der Waals surface area contributed by atoms with Crippen molar-refractivity contribution in [3.8, 4) is 0 Å². The summed E-state index contributed by atoms with van der Waals surface area (Å²) >= 11 is 0. The zero-order valence-corrected chi connectivity index (χ0v) is 21.1. The van der Waals surface area contributed by atoms with E-state index in [1.54, 1.807) is 7.05 Å². The van der Waals surface area contributed by atoms with Gasteiger partial charge in [-0.3, -0.25) is 14.4 Å². The first-order chi connectivity index (χ1) is 16.9. The van der Waals surface area contributed by atoms with E-state index in [0.717, 1.165) is 30.5 Å². The Kier molecular flexibility index (Phi) is 6.82. The van der Waals surface area contributed by atoms with E-state index < -0.39 is 5.60 Å². The molecule has 1 saturated heterocycles. The monoisotopic (exact) mass is 477 g/mol. The number of piperidine rings is 1. The number of rotatable bonds is 6. The molecule has 0 radical (unpaired) electrons. The van der Waals surface area contributed by atoms with Crippen LogP contribution in [0.2, 0.25) is 0 Å². The fraction of sp³-hybridized carbons (Fsp3) is 0.607. The summed E-state index contributed by atoms with van der Waals surface area (Å²) < 4.78 is 1.44. The quantitative estimate of drug-likeness (QED) is 0.622. The molecular weight excluding hydrogens is 438 g/mol. The number of aliphatic imine (C=N–C) groups is 1. The molecule has 2 saturated carbocycles. The zero-order chi connectivity index (χ0) is 24.6. The Morgan fingerprint density at radius 3 is 2.49 bits per heavy atom. The van der Waals surface area contributed by atoms with Crippen molar-refractivity contribution < 1.29 is 5.11 Å². The number of benzene rings is 1. The Labute approximate surface area is 208 Å². The van der Waals surface area contributed by atoms with Crippen LogP contribution in [0.15, 0.2) is 40.4 Å². The van der Waals surface area contributed by atoms with Crippen LogP contribution in [0.5, 0.6) is 0 Å². The molecule has 1 aromatic carbocycles. The number of nitrogens with zero attached hydrogens (tertiary/aromatic N) is 4. The molecule has 2 aromatic rings. The summed E-state index contributed by atoms with van der Waals surface area (Å²) in [4.78, 5) is 24.2. The molecule has 3 N–H and O–H groups in total. The minimum Gasteiger partial charge on any atom is -0.392 e. The lowest BCUT2D eigenvalue weighted by Crippen LogP contribution is -2.47. The highest BCUT2D eigenvalue weighted by atomic mass is 16.3. The van der Waals surface area contributed by atoms with Crippen LogP contribution in [0.4, 0.5) is 5.69 Å². The van der Waals surface area contributed by atoms with E-state index in [1.807, 2.05) is 7.05 Å². The molecule has 2 heterocycles. The Bertz CT molecular complexity index is 1130. The predicted octanol–water partition coefficient (Wildman–Crippen LogP) is 3.43. The van der Waals surface area contributed by atoms with Gasteiger partial charge in [-0.25, -0.2) is 4.98 Å². The van der Waals surface area contributed by atoms with E-state index >= 15 is 0 Å². The average Bonchev–Trinajstić information content (AvgIpc) is 3.30. The summed E-state index contributed by atoms with van der Waals surface area (Å²) in [6.07, 6.45) is 11.0. The second kappa shape index (κ2) is 9.86. The van der Waals surface area contributed by atoms with Gasteiger partial charge in [0, 0.05) is 25.7 Å². The highest BCUT2D eigenvalue weighted by Gasteiger charge is 2.34. The van der Waals surface area contributed by atoms with Crippen LogP contribution in [0.25, 0.3) is 0 Å². The van der Waals surface area contributed by atoms with Crippen LogP contribution in [0.1, 0.15) is 74.1 Å². The number of nitrogen functional groups attached to an aromatic ring is 1. The molecule has 7 nitrogen and oxygen atoms in total. The lowest BCUT2D eigenvalue weighted by molar-refractivity contribution is -0.0299. The van der Waals surface area contributed by atoms with Crippen molar-refractivity contribution in [2.24, 2.45) is 16.8 Å². The molecule has 188 valence electrons. The normalized spacial score (nSPS) is 25.5. The molecule has 2 unspecified atom stereocenters. The summed E-state index contributed by atoms with van der Waals surface area (Å²) in [5, 5.41) is 11.0. The summed E-state index contributed by atoms with van der Waals surface area (Å²) in [6, 6.07) is 8.59. The maximum atomic E-state index is 13.1. The summed E-state index contributed by atoms with van der Waals surface area (Å²) in [7, 11) is 3.75. The number of nitrogens with two attached hydrogens (primary N) is 1. The molecule has 3 aliphatic rings. The van der Waals surface area contributed by atoms with Crippen LogP contribution in [-0.4, -0.2) is 58.1 Å². The minimum atomic E-state index is -0.915. The van der Waals surface area contributed by atoms with E-state index in [-0.39, 0.29) is 17.8 Å². The Hall–Kier alpha value is -2.51. The van der Waals surface area contributed by atoms with Gasteiger partial charge in [0.05, 0.1) is 24.2 Å². The number of hydrogen-bond donors (Lipinski definition) is 2. The highest BCUT2D eigenvalue weighted by Crippen LogP contribution is 2.47. The third kappa shape index (κ3) is 4.94. The van der Waals surface area contributed by atoms with Gasteiger partial charge in [0.2, 0.25) is 0 Å². The van der Waals surface area contributed by atoms with Gasteiger partial charge in [-0.15, -0.1) is 0 Å². The molecule has 0 spiro atoms. The number of aromatic nitrogens is 2. The standard InChI is InChI=1S/C28H39N5O2/c1-30-25(21-8-6-20(7-9-21)23-11-10-22(16-23)19-4-3-5-19)26-24(29)27(34)33(18-31-26)17-28(35)12-14-32(2)15-13-28/h6-9,18-19,22-23,35H,3-5,10-17,29H2,1-2H3. The van der Waals surface area contributed by atoms with Gasteiger partial charge in [-0.2, -0.15) is 0 Å². The first-order valence-electron chi connectivity index (χ1n) is 13.2. The third-order valence-corrected chi connectivity index (χ3v) is 8.85. The topological polar surface area (TPSA) is 96.7 Å². The molecule has 3 fully saturated rings. The molecule has 0 bridgehead atoms. The second-order valence-electron chi connectivity index (χ2n) is 11.1. The van der Waals surface area contributed by atoms with Crippen molar-refractivity contribution in [3.05, 3.63) is 57.8 Å². The van der Waals surface area contributed by atoms with E-state index in [4.69, 9.17) is 5.73 Å². The van der Waals surface area contributed by atoms with E-state index in [9.17, 15) is 9.90 Å². The number of hydrogen-bond acceptors (Lipinski definition) is 6. The second-order valence-corrected chi connectivity index (χ2v) is 11.1. The van der Waals surface area contributed by atoms with Crippen molar-refractivity contribution in [1.29, 1.82) is 0 Å². The van der Waals surface area contributed by atoms with Crippen molar-refractivity contribution in [2.75, 3.05) is 32.9 Å². The van der Waals surface area contributed by atoms with Gasteiger partial charge in [-0.1, -0.05) is 43.5 Å². The molecule has 5 rings (SSSR count). The minimum absolute atomic E-state index is 0.0767. The van der Waals surface area contributed by atoms with Crippen molar-refractivity contribution in [2.45, 2.75) is 69.4 Å². The Balaban J connectivity index is 1.31. The van der Waals surface area contributed by atoms with Gasteiger partial charge in [0.15, 0.2) is 0 Å². The van der Waals surface area contributed by atoms with Gasteiger partial charge in [0.25, 0.3) is 5.56 Å². The summed E-state index contributed by atoms with van der Waals surface area (Å²) in [6.45, 7) is 1.81. The molecule has 0 amide bonds. The SMILES string of the molecule is CN=C(c1ccc(C2CCC(C3CCC3)C2)cc1)c1ncn(CC2(O)CCN(C)CC2)c(=O)c1N. The van der Waals surface area contributed by atoms with E-state index in [1.165, 1.54) is 55.0 Å². The Morgan fingerprint density at radius 2 is 1.86 bits per heavy atom. The number of aliphatic hydroxyl groups is 1. The number of anilines is 1. The van der Waals surface area contributed by atoms with Gasteiger partial charge in [0.1, 0.15) is 11.4 Å². The maximum absolute atomic E-state index is 13.1. The van der Waals surface area contributed by atoms with Crippen molar-refractivity contribution in [1.82, 2.24) is 14.5 Å². The fourth-order valence-corrected chi connectivity index (χ4v) is 6.26. The molecule has 2 atom stereocenters. The fourth-order valence-electron chi connectivity index (χ4n) is 6.26. The van der Waals surface area contributed by atoms with Crippen LogP contribution >= 0.6 is 0 Å². The highest BCUT2D eigenvalue weighted by molar-refractivity contribution is 6.14. The van der Waals surface area contributed by atoms with Crippen molar-refractivity contribution >= 4 is 11.4 Å². The van der Waals surface area contributed by atoms with Crippen LogP contribution in [0.3, 0.4) is 0 Å². The van der Waals surface area contributed by atoms with Crippen LogP contribution < -0.4 is 11.3 Å². The van der Waals surface area contributed by atoms with E-state index in [2.05, 4.69) is 39.1 Å². The molecule has 7 heteroatoms. The summed E-state index contributed by atoms with van der Waals surface area (Å²) in [5.41, 5.74) is 8.46. The van der Waals surface area contributed by atoms with Gasteiger partial charge >= 0.3 is 0 Å². The van der Waals surface area contributed by atoms with E-state index in [0.29, 0.717) is 30.2 Å². The van der Waals surface area contributed by atoms with Crippen LogP contribution in [-0.2, 0) is 6.54 Å². The molecule has 1 aliphatic heterocycles. The van der Waals surface area contributed by atoms with Gasteiger partial charge < -0.3 is 15.7 Å². The Morgan fingerprint density at radius 1 is 1.14 bits per heavy atom. The molecule has 35 heavy (non-hydrogen) atoms. The third-order valence-electron chi connectivity index (χ3n) is 8.85. The average molecular weight is 478 g/mol. The van der Waals surface area contributed by atoms with Gasteiger partial charge in [-0.05, 0) is 62.5 Å². The first-order valence-corrected chi connectivity index (χ1v) is 13.2. The molecular formula is C28H39N5O2. The van der Waals surface area contributed by atoms with Crippen LogP contribution in [0, 0.1) is 11.8 Å². The summed E-state index contributed by atoms with van der Waals surface area (Å²) in [5.74, 6) is 2.52. The lowest BCUT2D eigenvalue weighted by Gasteiger charge is -2.36. The molecule has 1 aromatic heterocycles. The first kappa shape index (κ1) is 24.2. The molecule has 2 aliphatic carbocycles. The number of likely N-dealkylation sites (tertiary alicyclic amines) is 1. The van der Waals surface area contributed by atoms with Crippen molar-refractivity contribution in [3.63, 3.8) is 0 Å². The lowest BCUT2D eigenvalue weighted by atomic mass is 9.75. The smallest absolute Gasteiger partial charge is 0.277 e. The predicted molar refractivity (Wildman–Crippen MR) is 140 cm³/mol. The zero-order valence-electron chi connectivity index (χ0n) is 21.1.